The summed E-state index contributed by atoms with van der Waals surface area (Å²) in [6.07, 6.45) is 1.90. The number of rotatable bonds is 7. The van der Waals surface area contributed by atoms with Gasteiger partial charge in [0.25, 0.3) is 6.20 Å². The molecule has 2 aromatic rings. The number of aromatic nitrogens is 2. The van der Waals surface area contributed by atoms with E-state index in [2.05, 4.69) is 34.3 Å². The van der Waals surface area contributed by atoms with E-state index in [1.165, 1.54) is 0 Å². The van der Waals surface area contributed by atoms with Gasteiger partial charge in [-0.25, -0.2) is 0 Å². The van der Waals surface area contributed by atoms with Crippen molar-refractivity contribution >= 4 is 28.7 Å². The summed E-state index contributed by atoms with van der Waals surface area (Å²) in [6.45, 7) is 11.9. The Bertz CT molecular complexity index is 870. The molecule has 0 atom stereocenters. The second-order valence-corrected chi connectivity index (χ2v) is 8.84. The van der Waals surface area contributed by atoms with Crippen molar-refractivity contribution in [1.82, 2.24) is 10.2 Å². The first-order chi connectivity index (χ1) is 14.3. The zero-order valence-corrected chi connectivity index (χ0v) is 18.9. The molecule has 0 aliphatic carbocycles. The number of carbonyl (C=O) groups excluding carboxylic acids is 2. The largest absolute Gasteiger partial charge is 0.305 e. The molecular weight excluding hydrogens is 402 g/mol. The van der Waals surface area contributed by atoms with Crippen LogP contribution in [0, 0.1) is 13.8 Å². The monoisotopic (exact) mass is 432 g/mol. The summed E-state index contributed by atoms with van der Waals surface area (Å²) < 4.78 is 5.24. The lowest BCUT2D eigenvalue weighted by atomic mass is 10.0. The number of hydrogen-bond donors (Lipinski definition) is 1. The van der Waals surface area contributed by atoms with E-state index in [1.54, 1.807) is 11.0 Å². The first kappa shape index (κ1) is 22.3. The number of aryl methyl sites for hydroxylation is 2. The maximum atomic E-state index is 12.5. The van der Waals surface area contributed by atoms with Crippen LogP contribution in [0.2, 0.25) is 0 Å². The van der Waals surface area contributed by atoms with Gasteiger partial charge in [0.1, 0.15) is 0 Å². The summed E-state index contributed by atoms with van der Waals surface area (Å²) in [6, 6.07) is 6.32. The van der Waals surface area contributed by atoms with Crippen LogP contribution in [0.4, 0.5) is 5.88 Å². The molecule has 0 radical (unpaired) electrons. The highest BCUT2D eigenvalue weighted by Crippen LogP contribution is 2.20. The molecule has 1 aromatic heterocycles. The smallest absolute Gasteiger partial charge is 0.297 e. The lowest BCUT2D eigenvalue weighted by molar-refractivity contribution is -0.759. The molecule has 1 fully saturated rings. The van der Waals surface area contributed by atoms with Crippen molar-refractivity contribution in [3.63, 3.8) is 0 Å². The second-order valence-electron chi connectivity index (χ2n) is 7.77. The minimum absolute atomic E-state index is 0.00329. The summed E-state index contributed by atoms with van der Waals surface area (Å²) in [4.78, 5) is 28.7. The highest BCUT2D eigenvalue weighted by atomic mass is 32.2. The topological polar surface area (TPSA) is 82.6 Å². The van der Waals surface area contributed by atoms with Crippen LogP contribution in [0.3, 0.4) is 0 Å². The van der Waals surface area contributed by atoms with Crippen LogP contribution >= 0.6 is 11.8 Å². The Labute approximate surface area is 181 Å². The predicted octanol–water partition coefficient (Wildman–Crippen LogP) is 2.14. The molecule has 8 nitrogen and oxygen atoms in total. The van der Waals surface area contributed by atoms with E-state index >= 15 is 0 Å². The number of benzene rings is 1. The van der Waals surface area contributed by atoms with Crippen molar-refractivity contribution in [3.05, 3.63) is 41.1 Å². The molecule has 3 rings (SSSR count). The SMILES string of the molecule is Cc1cccc(C)c1C(=O)SCCC(=O)Nc1c[n+](N2CCN(C(C)C)CC2)no1. The van der Waals surface area contributed by atoms with E-state index in [0.717, 1.165) is 54.6 Å². The van der Waals surface area contributed by atoms with Crippen LogP contribution in [0.1, 0.15) is 41.8 Å². The van der Waals surface area contributed by atoms with Crippen molar-refractivity contribution in [3.8, 4) is 0 Å². The van der Waals surface area contributed by atoms with Gasteiger partial charge in [-0.1, -0.05) is 30.0 Å². The summed E-state index contributed by atoms with van der Waals surface area (Å²) in [5.41, 5.74) is 2.64. The molecule has 2 heterocycles. The van der Waals surface area contributed by atoms with Crippen LogP contribution in [0.5, 0.6) is 0 Å². The average Bonchev–Trinajstić information content (AvgIpc) is 3.16. The minimum atomic E-state index is -0.204. The van der Waals surface area contributed by atoms with Gasteiger partial charge in [0.05, 0.1) is 17.9 Å². The molecule has 9 heteroatoms. The molecular formula is C21H30N5O3S+. The Balaban J connectivity index is 1.44. The molecule has 1 aromatic carbocycles. The second kappa shape index (κ2) is 10.1. The number of nitrogens with one attached hydrogen (secondary N) is 1. The van der Waals surface area contributed by atoms with E-state index in [1.807, 2.05) is 32.0 Å². The molecule has 1 saturated heterocycles. The van der Waals surface area contributed by atoms with Crippen LogP contribution in [-0.2, 0) is 4.79 Å². The number of piperazine rings is 1. The molecule has 0 unspecified atom stereocenters. The number of nitrogens with zero attached hydrogens (tertiary/aromatic N) is 4. The molecule has 0 saturated carbocycles. The number of thioether (sulfide) groups is 1. The maximum Gasteiger partial charge on any atom is 0.305 e. The third-order valence-electron chi connectivity index (χ3n) is 5.28. The Morgan fingerprint density at radius 3 is 2.50 bits per heavy atom. The van der Waals surface area contributed by atoms with Crippen LogP contribution < -0.4 is 15.1 Å². The average molecular weight is 433 g/mol. The molecule has 0 spiro atoms. The standard InChI is InChI=1S/C21H29N5O3S/c1-15(2)24-9-11-25(12-10-24)26-14-19(29-23-26)22-18(27)8-13-30-21(28)20-16(3)6-5-7-17(20)4/h5-7,14-15H,8-13H2,1-4H3/p+1. The van der Waals surface area contributed by atoms with E-state index in [9.17, 15) is 9.59 Å². The lowest BCUT2D eigenvalue weighted by Gasteiger charge is -2.32. The Kier molecular flexibility index (Phi) is 7.49. The van der Waals surface area contributed by atoms with Crippen molar-refractivity contribution < 1.29 is 18.9 Å². The van der Waals surface area contributed by atoms with Gasteiger partial charge < -0.3 is 0 Å². The van der Waals surface area contributed by atoms with Gasteiger partial charge in [-0.2, -0.15) is 5.01 Å². The molecule has 1 aliphatic rings. The summed E-state index contributed by atoms with van der Waals surface area (Å²) in [5.74, 6) is 0.506. The quantitative estimate of drug-likeness (QED) is 0.671. The van der Waals surface area contributed by atoms with E-state index in [0.29, 0.717) is 17.7 Å². The number of carbonyl (C=O) groups is 2. The molecule has 1 amide bonds. The molecule has 162 valence electrons. The van der Waals surface area contributed by atoms with Gasteiger partial charge in [-0.3, -0.25) is 24.3 Å². The fraction of sp³-hybridized carbons (Fsp3) is 0.524. The zero-order chi connectivity index (χ0) is 21.7. The Morgan fingerprint density at radius 2 is 1.87 bits per heavy atom. The first-order valence-corrected chi connectivity index (χ1v) is 11.2. The minimum Gasteiger partial charge on any atom is -0.297 e. The number of hydrogen-bond acceptors (Lipinski definition) is 7. The van der Waals surface area contributed by atoms with Crippen molar-refractivity contribution in [2.24, 2.45) is 0 Å². The van der Waals surface area contributed by atoms with Crippen LogP contribution in [0.25, 0.3) is 0 Å². The first-order valence-electron chi connectivity index (χ1n) is 10.3. The maximum absolute atomic E-state index is 12.5. The Hall–Kier alpha value is -2.39. The highest BCUT2D eigenvalue weighted by molar-refractivity contribution is 8.14. The molecule has 0 bridgehead atoms. The normalized spacial score (nSPS) is 14.9. The van der Waals surface area contributed by atoms with Gasteiger partial charge >= 0.3 is 5.88 Å². The third-order valence-corrected chi connectivity index (χ3v) is 6.15. The van der Waals surface area contributed by atoms with Crippen molar-refractivity contribution in [2.45, 2.75) is 40.2 Å². The van der Waals surface area contributed by atoms with Crippen LogP contribution in [0.15, 0.2) is 28.9 Å². The third kappa shape index (κ3) is 5.60. The highest BCUT2D eigenvalue weighted by Gasteiger charge is 2.27. The number of anilines is 1. The molecule has 30 heavy (non-hydrogen) atoms. The van der Waals surface area contributed by atoms with Gasteiger partial charge in [0, 0.05) is 36.9 Å². The van der Waals surface area contributed by atoms with Crippen LogP contribution in [-0.4, -0.2) is 59.2 Å². The summed E-state index contributed by atoms with van der Waals surface area (Å²) >= 11 is 1.16. The number of amides is 1. The van der Waals surface area contributed by atoms with Gasteiger partial charge in [0.2, 0.25) is 16.3 Å². The van der Waals surface area contributed by atoms with Gasteiger partial charge in [-0.15, -0.1) is 0 Å². The summed E-state index contributed by atoms with van der Waals surface area (Å²) in [7, 11) is 0. The lowest BCUT2D eigenvalue weighted by Crippen LogP contribution is -2.65. The fourth-order valence-electron chi connectivity index (χ4n) is 3.50. The zero-order valence-electron chi connectivity index (χ0n) is 18.1. The van der Waals surface area contributed by atoms with Crippen molar-refractivity contribution in [1.29, 1.82) is 0 Å². The van der Waals surface area contributed by atoms with E-state index < -0.39 is 0 Å². The Morgan fingerprint density at radius 1 is 1.20 bits per heavy atom. The molecule has 1 aliphatic heterocycles. The van der Waals surface area contributed by atoms with Gasteiger partial charge in [-0.05, 0) is 38.8 Å². The molecule has 1 N–H and O–H groups in total. The summed E-state index contributed by atoms with van der Waals surface area (Å²) in [5, 5.41) is 8.80. The van der Waals surface area contributed by atoms with Gasteiger partial charge in [0.15, 0.2) is 0 Å². The van der Waals surface area contributed by atoms with Crippen molar-refractivity contribution in [2.75, 3.05) is 42.3 Å². The van der Waals surface area contributed by atoms with E-state index in [4.69, 9.17) is 4.52 Å². The predicted molar refractivity (Wildman–Crippen MR) is 117 cm³/mol. The van der Waals surface area contributed by atoms with E-state index in [-0.39, 0.29) is 17.4 Å². The fourth-order valence-corrected chi connectivity index (χ4v) is 4.44.